The standard InChI is InChI=1S/6C7H5NO4.6C2H8N2.2Co.2Gd.13H2O/c6*9-6(10)4-2-1-3-5(8-4)7(11)12;6*3-1-2-4;;;;;;;;;;;;;;;;;/h6*1-3H,(H,9,10)(H,11,12);6*1-4H2;;;;;13*1H2/q;;;;;;;;;;;;4*+3;;;;;;;;;;;;;/p-12. The molecule has 2 radical (unpaired) electrons. The molecular weight excluding hydrogens is 1930 g/mol. The van der Waals surface area contributed by atoms with E-state index >= 15 is 0 Å². The third-order valence-electron chi connectivity index (χ3n) is 8.00. The Bertz CT molecular complexity index is 2620. The first kappa shape index (κ1) is 168. The van der Waals surface area contributed by atoms with Gasteiger partial charge in [-0.05, 0) is 72.8 Å². The third kappa shape index (κ3) is 95.5. The number of hydrogen-bond acceptors (Lipinski definition) is 42. The van der Waals surface area contributed by atoms with E-state index in [1.807, 2.05) is 0 Å². The summed E-state index contributed by atoms with van der Waals surface area (Å²) in [6.07, 6.45) is 0. The maximum absolute atomic E-state index is 10.2. The van der Waals surface area contributed by atoms with Crippen LogP contribution in [0.3, 0.4) is 0 Å². The molecular formula is C54H92Co2Gd2N18O37. The number of aromatic nitrogens is 6. The van der Waals surface area contributed by atoms with Crippen molar-refractivity contribution in [2.24, 2.45) is 68.8 Å². The Balaban J connectivity index is -0.0000000376. The summed E-state index contributed by atoms with van der Waals surface area (Å²) < 4.78 is 0. The number of carbonyl (C=O) groups is 12. The van der Waals surface area contributed by atoms with E-state index in [4.69, 9.17) is 68.8 Å². The average Bonchev–Trinajstić information content (AvgIpc) is 0.932. The van der Waals surface area contributed by atoms with Crippen molar-refractivity contribution >= 4 is 71.6 Å². The van der Waals surface area contributed by atoms with Gasteiger partial charge in [0.15, 0.2) is 0 Å². The van der Waals surface area contributed by atoms with Crippen LogP contribution in [0.15, 0.2) is 109 Å². The van der Waals surface area contributed by atoms with E-state index in [0.717, 1.165) is 72.8 Å². The van der Waals surface area contributed by atoms with Crippen molar-refractivity contribution in [3.05, 3.63) is 178 Å². The molecule has 0 saturated heterocycles. The minimum absolute atomic E-state index is 0. The predicted octanol–water partition coefficient (Wildman–Crippen LogP) is -30.5. The van der Waals surface area contributed by atoms with E-state index in [9.17, 15) is 119 Å². The zero-order valence-corrected chi connectivity index (χ0v) is 64.8. The zero-order valence-electron chi connectivity index (χ0n) is 58.2. The molecule has 0 aliphatic heterocycles. The van der Waals surface area contributed by atoms with Crippen LogP contribution in [-0.2, 0) is 33.6 Å². The van der Waals surface area contributed by atoms with Crippen molar-refractivity contribution < 1.29 is 303 Å². The molecule has 113 heavy (non-hydrogen) atoms. The van der Waals surface area contributed by atoms with Crippen LogP contribution in [0.1, 0.15) is 126 Å². The van der Waals surface area contributed by atoms with Crippen LogP contribution in [0.5, 0.6) is 0 Å². The summed E-state index contributed by atoms with van der Waals surface area (Å²) in [6.45, 7) is 7.17. The number of nitrogens with two attached hydrogens (primary N) is 12. The molecule has 0 amide bonds. The van der Waals surface area contributed by atoms with Gasteiger partial charge in [-0.15, -0.1) is 0 Å². The summed E-state index contributed by atoms with van der Waals surface area (Å²) in [6, 6.07) is 21.2. The van der Waals surface area contributed by atoms with Crippen LogP contribution < -0.4 is 130 Å². The summed E-state index contributed by atoms with van der Waals surface area (Å²) in [7, 11) is 0. The molecule has 50 N–H and O–H groups in total. The first-order chi connectivity index (χ1) is 45.1. The van der Waals surface area contributed by atoms with Crippen LogP contribution in [0.4, 0.5) is 0 Å². The number of aromatic carboxylic acids is 12. The largest absolute Gasteiger partial charge is 3.00 e. The topological polar surface area (TPSA) is 1280 Å². The summed E-state index contributed by atoms with van der Waals surface area (Å²) in [5.41, 5.74) is 53.8. The van der Waals surface area contributed by atoms with Crippen LogP contribution in [0.25, 0.3) is 0 Å². The molecule has 654 valence electrons. The maximum atomic E-state index is 10.2. The van der Waals surface area contributed by atoms with Gasteiger partial charge >= 0.3 is 113 Å². The molecule has 6 aromatic heterocycles. The zero-order chi connectivity index (χ0) is 75.3. The van der Waals surface area contributed by atoms with Gasteiger partial charge in [0.25, 0.3) is 0 Å². The van der Waals surface area contributed by atoms with E-state index in [1.54, 1.807) is 0 Å². The summed E-state index contributed by atoms with van der Waals surface area (Å²) in [4.78, 5) is 142. The second kappa shape index (κ2) is 110. The number of nitrogens with zero attached hydrogens (tertiary/aromatic N) is 6. The van der Waals surface area contributed by atoms with E-state index in [2.05, 4.69) is 29.9 Å². The van der Waals surface area contributed by atoms with E-state index < -0.39 is 140 Å². The monoisotopic (exact) mass is 2020 g/mol. The molecule has 6 rings (SSSR count). The van der Waals surface area contributed by atoms with Gasteiger partial charge in [0.1, 0.15) is 0 Å². The van der Waals surface area contributed by atoms with Gasteiger partial charge in [0, 0.05) is 78.5 Å². The Labute approximate surface area is 724 Å². The molecule has 55 nitrogen and oxygen atoms in total. The molecule has 0 aliphatic rings. The minimum Gasteiger partial charge on any atom is -0.543 e. The normalized spacial score (nSPS) is 7.54. The fraction of sp³-hybridized carbons (Fsp3) is 0.222. The third-order valence-corrected chi connectivity index (χ3v) is 8.00. The molecule has 0 spiro atoms. The molecule has 0 aromatic carbocycles. The van der Waals surface area contributed by atoms with Gasteiger partial charge < -0.3 is 259 Å². The van der Waals surface area contributed by atoms with Crippen molar-refractivity contribution in [3.63, 3.8) is 0 Å². The van der Waals surface area contributed by atoms with Crippen LogP contribution in [0, 0.1) is 79.9 Å². The number of hydrogen-bond donors (Lipinski definition) is 12. The Kier molecular flexibility index (Phi) is 163. The van der Waals surface area contributed by atoms with Crippen molar-refractivity contribution in [1.29, 1.82) is 0 Å². The van der Waals surface area contributed by atoms with E-state index in [0.29, 0.717) is 78.5 Å². The van der Waals surface area contributed by atoms with Crippen molar-refractivity contribution in [1.82, 2.24) is 29.9 Å². The first-order valence-corrected chi connectivity index (χ1v) is 25.9. The smallest absolute Gasteiger partial charge is 0.543 e. The minimum atomic E-state index is -1.52. The van der Waals surface area contributed by atoms with Crippen LogP contribution in [0.2, 0.25) is 0 Å². The second-order valence-electron chi connectivity index (χ2n) is 15.4. The molecule has 0 unspecified atom stereocenters. The molecule has 0 fully saturated rings. The van der Waals surface area contributed by atoms with Gasteiger partial charge in [-0.1, -0.05) is 36.4 Å². The number of carboxylic acids is 12. The quantitative estimate of drug-likeness (QED) is 0.0380. The average molecular weight is 2020 g/mol. The molecule has 0 aliphatic carbocycles. The number of carboxylic acid groups (broad SMARTS) is 12. The fourth-order valence-corrected chi connectivity index (χ4v) is 3.97. The molecule has 6 aromatic rings. The van der Waals surface area contributed by atoms with E-state index in [1.165, 1.54) is 36.4 Å². The Morgan fingerprint density at radius 3 is 0.265 bits per heavy atom. The Morgan fingerprint density at radius 2 is 0.230 bits per heavy atom. The molecule has 0 atom stereocenters. The van der Waals surface area contributed by atoms with Gasteiger partial charge in [-0.25, -0.2) is 29.9 Å². The molecule has 6 heterocycles. The number of rotatable bonds is 18. The van der Waals surface area contributed by atoms with E-state index in [-0.39, 0.29) is 185 Å². The Morgan fingerprint density at radius 1 is 0.177 bits per heavy atom. The van der Waals surface area contributed by atoms with Crippen molar-refractivity contribution in [3.8, 4) is 0 Å². The molecule has 0 saturated carbocycles. The van der Waals surface area contributed by atoms with Crippen molar-refractivity contribution in [2.75, 3.05) is 78.5 Å². The SMILES string of the molecule is NCCN.NCCN.NCCN.NCCN.NCCN.NCCN.O.O.O.O.O.O.O.O.O.O.O.O.O.O=C([O-])c1cccc(C(=O)[O-])n1.O=C([O-])c1cccc(C(=O)[O-])n1.O=C([O-])c1cccc(C(=O)[O-])n1.O=C([O-])c1cccc(C(=O)[O-])n1.O=C([O-])c1cccc(C(=O)[O-])n1.O=C([O-])c1cccc(C(=O)[O-])n1.[Co+3].[Co+3].[Gd+3].[Gd+3]. The van der Waals surface area contributed by atoms with Gasteiger partial charge in [0.2, 0.25) is 0 Å². The fourth-order valence-electron chi connectivity index (χ4n) is 3.97. The Hall–Kier alpha value is -8.80. The second-order valence-corrected chi connectivity index (χ2v) is 15.4. The van der Waals surface area contributed by atoms with Gasteiger partial charge in [-0.2, -0.15) is 0 Å². The first-order valence-electron chi connectivity index (χ1n) is 25.9. The van der Waals surface area contributed by atoms with Gasteiger partial charge in [-0.3, -0.25) is 0 Å². The van der Waals surface area contributed by atoms with Crippen LogP contribution >= 0.6 is 0 Å². The summed E-state index contributed by atoms with van der Waals surface area (Å²) in [5, 5.41) is 122. The van der Waals surface area contributed by atoms with Gasteiger partial charge in [0.05, 0.1) is 140 Å². The van der Waals surface area contributed by atoms with Crippen molar-refractivity contribution in [2.45, 2.75) is 0 Å². The summed E-state index contributed by atoms with van der Waals surface area (Å²) in [5.74, 6) is -18.2. The number of carbonyl (C=O) groups excluding carboxylic acids is 12. The summed E-state index contributed by atoms with van der Waals surface area (Å²) >= 11 is 0. The predicted molar refractivity (Wildman–Crippen MR) is 353 cm³/mol. The van der Waals surface area contributed by atoms with Crippen LogP contribution in [-0.4, -0.2) is 251 Å². The molecule has 0 bridgehead atoms. The maximum Gasteiger partial charge on any atom is 3.00 e. The number of pyridine rings is 6. The molecule has 59 heteroatoms.